The first-order chi connectivity index (χ1) is 6.61. The fraction of sp³-hybridized carbons (Fsp3) is 0.500. The summed E-state index contributed by atoms with van der Waals surface area (Å²) in [6, 6.07) is 1.73. The second-order valence-electron chi connectivity index (χ2n) is 2.69. The molecule has 5 nitrogen and oxygen atoms in total. The van der Waals surface area contributed by atoms with Gasteiger partial charge in [-0.05, 0) is 6.92 Å². The summed E-state index contributed by atoms with van der Waals surface area (Å²) in [4.78, 5) is 22.5. The predicted octanol–water partition coefficient (Wildman–Crippen LogP) is -0.237. The van der Waals surface area contributed by atoms with Crippen molar-refractivity contribution in [1.82, 2.24) is 5.32 Å². The SMILES string of the molecule is CCOC(=O)C1C(=S)NC(=O)C1C#N. The molecule has 0 radical (unpaired) electrons. The summed E-state index contributed by atoms with van der Waals surface area (Å²) in [5.74, 6) is -3.15. The summed E-state index contributed by atoms with van der Waals surface area (Å²) < 4.78 is 4.71. The summed E-state index contributed by atoms with van der Waals surface area (Å²) in [5, 5.41) is 10.9. The molecule has 1 fully saturated rings. The molecule has 0 bridgehead atoms. The number of ether oxygens (including phenoxy) is 1. The van der Waals surface area contributed by atoms with E-state index in [2.05, 4.69) is 5.32 Å². The number of thiocarbonyl (C=S) groups is 1. The van der Waals surface area contributed by atoms with Crippen molar-refractivity contribution >= 4 is 29.1 Å². The fourth-order valence-electron chi connectivity index (χ4n) is 1.19. The van der Waals surface area contributed by atoms with Crippen LogP contribution < -0.4 is 5.32 Å². The molecule has 1 rings (SSSR count). The number of esters is 1. The summed E-state index contributed by atoms with van der Waals surface area (Å²) >= 11 is 4.77. The standard InChI is InChI=1S/C8H8N2O3S/c1-2-13-8(12)5-4(3-9)6(11)10-7(5)14/h4-5H,2H2,1H3,(H,10,11,14). The van der Waals surface area contributed by atoms with Crippen LogP contribution in [0, 0.1) is 23.2 Å². The van der Waals surface area contributed by atoms with Crippen molar-refractivity contribution in [3.63, 3.8) is 0 Å². The summed E-state index contributed by atoms with van der Waals surface area (Å²) in [6.45, 7) is 1.84. The number of carbonyl (C=O) groups excluding carboxylic acids is 2. The highest BCUT2D eigenvalue weighted by molar-refractivity contribution is 7.80. The van der Waals surface area contributed by atoms with E-state index in [-0.39, 0.29) is 11.6 Å². The van der Waals surface area contributed by atoms with Crippen LogP contribution in [0.4, 0.5) is 0 Å². The minimum Gasteiger partial charge on any atom is -0.465 e. The van der Waals surface area contributed by atoms with Crippen LogP contribution in [0.25, 0.3) is 0 Å². The zero-order chi connectivity index (χ0) is 10.7. The van der Waals surface area contributed by atoms with Crippen LogP contribution in [0.3, 0.4) is 0 Å². The summed E-state index contributed by atoms with van der Waals surface area (Å²) in [7, 11) is 0. The van der Waals surface area contributed by atoms with Gasteiger partial charge in [0.15, 0.2) is 0 Å². The first-order valence-corrected chi connectivity index (χ1v) is 4.43. The number of carbonyl (C=O) groups is 2. The fourth-order valence-corrected chi connectivity index (χ4v) is 1.52. The van der Waals surface area contributed by atoms with E-state index in [0.717, 1.165) is 0 Å². The molecule has 0 saturated carbocycles. The Kier molecular flexibility index (Phi) is 3.14. The maximum Gasteiger partial charge on any atom is 0.317 e. The molecule has 0 aromatic heterocycles. The van der Waals surface area contributed by atoms with Gasteiger partial charge in [-0.1, -0.05) is 12.2 Å². The summed E-state index contributed by atoms with van der Waals surface area (Å²) in [6.07, 6.45) is 0. The van der Waals surface area contributed by atoms with Crippen molar-refractivity contribution in [2.75, 3.05) is 6.61 Å². The van der Waals surface area contributed by atoms with Gasteiger partial charge in [-0.3, -0.25) is 9.59 Å². The Morgan fingerprint density at radius 2 is 2.43 bits per heavy atom. The second-order valence-corrected chi connectivity index (χ2v) is 3.13. The van der Waals surface area contributed by atoms with E-state index in [0.29, 0.717) is 0 Å². The Hall–Kier alpha value is -1.48. The van der Waals surface area contributed by atoms with Gasteiger partial charge in [0.2, 0.25) is 5.91 Å². The van der Waals surface area contributed by atoms with Gasteiger partial charge in [0.05, 0.1) is 17.7 Å². The van der Waals surface area contributed by atoms with E-state index in [9.17, 15) is 9.59 Å². The number of nitrogens with zero attached hydrogens (tertiary/aromatic N) is 1. The molecule has 1 amide bonds. The van der Waals surface area contributed by atoms with E-state index in [1.54, 1.807) is 13.0 Å². The monoisotopic (exact) mass is 212 g/mol. The van der Waals surface area contributed by atoms with Crippen LogP contribution >= 0.6 is 12.2 Å². The van der Waals surface area contributed by atoms with E-state index < -0.39 is 23.7 Å². The zero-order valence-electron chi connectivity index (χ0n) is 7.44. The van der Waals surface area contributed by atoms with Gasteiger partial charge in [-0.15, -0.1) is 0 Å². The van der Waals surface area contributed by atoms with E-state index in [1.165, 1.54) is 0 Å². The van der Waals surface area contributed by atoms with Crippen LogP contribution in [0.5, 0.6) is 0 Å². The van der Waals surface area contributed by atoms with Crippen LogP contribution in [0.2, 0.25) is 0 Å². The first kappa shape index (κ1) is 10.6. The quantitative estimate of drug-likeness (QED) is 0.505. The molecule has 1 N–H and O–H groups in total. The molecule has 1 heterocycles. The highest BCUT2D eigenvalue weighted by Gasteiger charge is 2.44. The number of nitrogens with one attached hydrogen (secondary N) is 1. The van der Waals surface area contributed by atoms with Gasteiger partial charge in [0.25, 0.3) is 0 Å². The Bertz CT molecular complexity index is 334. The minimum atomic E-state index is -1.05. The maximum atomic E-state index is 11.3. The largest absolute Gasteiger partial charge is 0.465 e. The Labute approximate surface area is 86.0 Å². The van der Waals surface area contributed by atoms with Crippen LogP contribution in [0.15, 0.2) is 0 Å². The predicted molar refractivity (Wildman–Crippen MR) is 50.0 cm³/mol. The first-order valence-electron chi connectivity index (χ1n) is 4.02. The summed E-state index contributed by atoms with van der Waals surface area (Å²) in [5.41, 5.74) is 0. The smallest absolute Gasteiger partial charge is 0.317 e. The van der Waals surface area contributed by atoms with Crippen molar-refractivity contribution in [2.45, 2.75) is 6.92 Å². The molecule has 2 unspecified atom stereocenters. The molecular weight excluding hydrogens is 204 g/mol. The lowest BCUT2D eigenvalue weighted by Gasteiger charge is -2.08. The number of nitriles is 1. The Morgan fingerprint density at radius 3 is 2.93 bits per heavy atom. The molecule has 1 aliphatic heterocycles. The normalized spacial score (nSPS) is 25.4. The highest BCUT2D eigenvalue weighted by Crippen LogP contribution is 2.21. The van der Waals surface area contributed by atoms with Crippen molar-refractivity contribution in [3.05, 3.63) is 0 Å². The molecule has 74 valence electrons. The lowest BCUT2D eigenvalue weighted by Crippen LogP contribution is -2.27. The highest BCUT2D eigenvalue weighted by atomic mass is 32.1. The third-order valence-corrected chi connectivity index (χ3v) is 2.18. The number of hydrogen-bond donors (Lipinski definition) is 1. The van der Waals surface area contributed by atoms with Crippen molar-refractivity contribution in [2.24, 2.45) is 11.8 Å². The zero-order valence-corrected chi connectivity index (χ0v) is 8.26. The van der Waals surface area contributed by atoms with Crippen LogP contribution in [-0.2, 0) is 14.3 Å². The van der Waals surface area contributed by atoms with Crippen molar-refractivity contribution < 1.29 is 14.3 Å². The topological polar surface area (TPSA) is 79.2 Å². The average molecular weight is 212 g/mol. The number of hydrogen-bond acceptors (Lipinski definition) is 5. The van der Waals surface area contributed by atoms with Crippen LogP contribution in [-0.4, -0.2) is 23.5 Å². The molecule has 0 aromatic rings. The van der Waals surface area contributed by atoms with Crippen molar-refractivity contribution in [1.29, 1.82) is 5.26 Å². The molecule has 1 saturated heterocycles. The molecule has 6 heteroatoms. The van der Waals surface area contributed by atoms with Gasteiger partial charge in [0.1, 0.15) is 11.8 Å². The van der Waals surface area contributed by atoms with Crippen molar-refractivity contribution in [3.8, 4) is 6.07 Å². The molecule has 2 atom stereocenters. The van der Waals surface area contributed by atoms with E-state index in [4.69, 9.17) is 22.2 Å². The van der Waals surface area contributed by atoms with Gasteiger partial charge in [-0.25, -0.2) is 0 Å². The van der Waals surface area contributed by atoms with Gasteiger partial charge >= 0.3 is 5.97 Å². The molecule has 0 aliphatic carbocycles. The van der Waals surface area contributed by atoms with Gasteiger partial charge < -0.3 is 10.1 Å². The lowest BCUT2D eigenvalue weighted by molar-refractivity contribution is -0.147. The minimum absolute atomic E-state index is 0.0694. The lowest BCUT2D eigenvalue weighted by atomic mass is 9.97. The van der Waals surface area contributed by atoms with E-state index in [1.807, 2.05) is 0 Å². The molecule has 0 spiro atoms. The third-order valence-electron chi connectivity index (χ3n) is 1.82. The third kappa shape index (κ3) is 1.72. The van der Waals surface area contributed by atoms with Gasteiger partial charge in [-0.2, -0.15) is 5.26 Å². The second kappa shape index (κ2) is 4.15. The molecule has 1 aliphatic rings. The number of rotatable bonds is 2. The maximum absolute atomic E-state index is 11.3. The number of amides is 1. The molecule has 0 aromatic carbocycles. The van der Waals surface area contributed by atoms with Crippen LogP contribution in [0.1, 0.15) is 6.92 Å². The van der Waals surface area contributed by atoms with E-state index >= 15 is 0 Å². The van der Waals surface area contributed by atoms with Gasteiger partial charge in [0, 0.05) is 0 Å². The molecule has 14 heavy (non-hydrogen) atoms. The Balaban J connectivity index is 2.86. The molecular formula is C8H8N2O3S. The Morgan fingerprint density at radius 1 is 1.79 bits per heavy atom. The average Bonchev–Trinajstić information content (AvgIpc) is 2.40.